The summed E-state index contributed by atoms with van der Waals surface area (Å²) in [4.78, 5) is 23.7. The molecule has 1 aliphatic rings. The number of halogens is 1. The van der Waals surface area contributed by atoms with Gasteiger partial charge < -0.3 is 10.6 Å². The lowest BCUT2D eigenvalue weighted by atomic mass is 9.97. The summed E-state index contributed by atoms with van der Waals surface area (Å²) in [6.45, 7) is 3.38. The molecule has 1 unspecified atom stereocenters. The lowest BCUT2D eigenvalue weighted by Gasteiger charge is -2.23. The Morgan fingerprint density at radius 2 is 2.00 bits per heavy atom. The van der Waals surface area contributed by atoms with Crippen LogP contribution >= 0.6 is 0 Å². The van der Waals surface area contributed by atoms with Gasteiger partial charge in [0, 0.05) is 13.5 Å². The van der Waals surface area contributed by atoms with Gasteiger partial charge in [-0.25, -0.2) is 4.39 Å². The fraction of sp³-hybridized carbons (Fsp3) is 0.529. The van der Waals surface area contributed by atoms with E-state index >= 15 is 0 Å². The van der Waals surface area contributed by atoms with Gasteiger partial charge in [-0.2, -0.15) is 0 Å². The fourth-order valence-electron chi connectivity index (χ4n) is 2.95. The van der Waals surface area contributed by atoms with E-state index in [1.807, 2.05) is 0 Å². The first kappa shape index (κ1) is 16.5. The van der Waals surface area contributed by atoms with Crippen molar-refractivity contribution in [1.82, 2.24) is 10.6 Å². The average molecular weight is 306 g/mol. The van der Waals surface area contributed by atoms with Crippen LogP contribution in [-0.2, 0) is 16.1 Å². The van der Waals surface area contributed by atoms with Crippen molar-refractivity contribution < 1.29 is 14.0 Å². The molecule has 0 aliphatic heterocycles. The minimum atomic E-state index is -0.490. The van der Waals surface area contributed by atoms with E-state index in [1.165, 1.54) is 13.0 Å². The third-order valence-corrected chi connectivity index (χ3v) is 4.22. The fourth-order valence-corrected chi connectivity index (χ4v) is 2.95. The van der Waals surface area contributed by atoms with Crippen LogP contribution in [0.3, 0.4) is 0 Å². The smallest absolute Gasteiger partial charge is 0.243 e. The highest BCUT2D eigenvalue weighted by atomic mass is 19.1. The van der Waals surface area contributed by atoms with Crippen LogP contribution in [0.4, 0.5) is 4.39 Å². The zero-order valence-corrected chi connectivity index (χ0v) is 13.1. The number of carbonyl (C=O) groups excluding carboxylic acids is 2. The van der Waals surface area contributed by atoms with Crippen LogP contribution in [0, 0.1) is 18.7 Å². The Labute approximate surface area is 130 Å². The molecular weight excluding hydrogens is 283 g/mol. The molecule has 1 fully saturated rings. The van der Waals surface area contributed by atoms with Gasteiger partial charge >= 0.3 is 0 Å². The van der Waals surface area contributed by atoms with Crippen molar-refractivity contribution in [2.24, 2.45) is 5.92 Å². The molecule has 0 heterocycles. The minimum Gasteiger partial charge on any atom is -0.350 e. The molecule has 1 atom stereocenters. The van der Waals surface area contributed by atoms with Gasteiger partial charge in [-0.05, 0) is 42.9 Å². The summed E-state index contributed by atoms with van der Waals surface area (Å²) < 4.78 is 13.5. The first-order valence-electron chi connectivity index (χ1n) is 7.77. The van der Waals surface area contributed by atoms with E-state index in [0.717, 1.165) is 25.7 Å². The molecule has 1 aromatic rings. The van der Waals surface area contributed by atoms with Crippen molar-refractivity contribution in [2.75, 3.05) is 0 Å². The van der Waals surface area contributed by atoms with E-state index in [2.05, 4.69) is 10.6 Å². The van der Waals surface area contributed by atoms with Crippen LogP contribution in [0.1, 0.15) is 43.7 Å². The Bertz CT molecular complexity index is 554. The number of hydrogen-bond donors (Lipinski definition) is 2. The second kappa shape index (κ2) is 7.38. The summed E-state index contributed by atoms with van der Waals surface area (Å²) in [5, 5.41) is 5.56. The average Bonchev–Trinajstić information content (AvgIpc) is 2.99. The Balaban J connectivity index is 1.97. The van der Waals surface area contributed by atoms with Gasteiger partial charge in [-0.15, -0.1) is 0 Å². The Hall–Kier alpha value is -1.91. The van der Waals surface area contributed by atoms with Gasteiger partial charge in [0.25, 0.3) is 0 Å². The van der Waals surface area contributed by atoms with Crippen LogP contribution in [0.2, 0.25) is 0 Å². The monoisotopic (exact) mass is 306 g/mol. The number of benzene rings is 1. The largest absolute Gasteiger partial charge is 0.350 e. The lowest BCUT2D eigenvalue weighted by molar-refractivity contribution is -0.129. The summed E-state index contributed by atoms with van der Waals surface area (Å²) in [5.41, 5.74) is 1.29. The molecule has 120 valence electrons. The topological polar surface area (TPSA) is 58.2 Å². The van der Waals surface area contributed by atoms with Crippen molar-refractivity contribution in [3.63, 3.8) is 0 Å². The van der Waals surface area contributed by atoms with Crippen LogP contribution in [0.5, 0.6) is 0 Å². The quantitative estimate of drug-likeness (QED) is 0.878. The third kappa shape index (κ3) is 4.29. The zero-order valence-electron chi connectivity index (χ0n) is 13.1. The van der Waals surface area contributed by atoms with Crippen molar-refractivity contribution >= 4 is 11.8 Å². The zero-order chi connectivity index (χ0) is 16.1. The van der Waals surface area contributed by atoms with Gasteiger partial charge in [0.05, 0.1) is 0 Å². The van der Waals surface area contributed by atoms with E-state index in [0.29, 0.717) is 11.1 Å². The molecule has 2 rings (SSSR count). The summed E-state index contributed by atoms with van der Waals surface area (Å²) in [6.07, 6.45) is 4.10. The molecule has 2 amide bonds. The maximum absolute atomic E-state index is 13.5. The van der Waals surface area contributed by atoms with E-state index in [4.69, 9.17) is 0 Å². The molecule has 4 nitrogen and oxygen atoms in total. The molecule has 0 aromatic heterocycles. The molecule has 0 saturated heterocycles. The molecule has 2 N–H and O–H groups in total. The van der Waals surface area contributed by atoms with Gasteiger partial charge in [0.1, 0.15) is 11.9 Å². The number of rotatable bonds is 5. The first-order valence-corrected chi connectivity index (χ1v) is 7.77. The Morgan fingerprint density at radius 3 is 2.59 bits per heavy atom. The summed E-state index contributed by atoms with van der Waals surface area (Å²) >= 11 is 0. The molecule has 0 spiro atoms. The van der Waals surface area contributed by atoms with Gasteiger partial charge in [0.2, 0.25) is 11.8 Å². The van der Waals surface area contributed by atoms with Gasteiger partial charge in [0.15, 0.2) is 0 Å². The highest BCUT2D eigenvalue weighted by Crippen LogP contribution is 2.28. The SMILES string of the molecule is CC(=O)NC(C(=O)NCc1ccc(C)c(F)c1)C1CCCC1. The number of amides is 2. The standard InChI is InChI=1S/C17H23FN2O2/c1-11-7-8-13(9-15(11)18)10-19-17(22)16(20-12(2)21)14-5-3-4-6-14/h7-9,14,16H,3-6,10H2,1-2H3,(H,19,22)(H,20,21). The van der Waals surface area contributed by atoms with E-state index in [9.17, 15) is 14.0 Å². The highest BCUT2D eigenvalue weighted by Gasteiger charge is 2.31. The van der Waals surface area contributed by atoms with Crippen LogP contribution < -0.4 is 10.6 Å². The van der Waals surface area contributed by atoms with E-state index < -0.39 is 6.04 Å². The predicted molar refractivity (Wildman–Crippen MR) is 82.5 cm³/mol. The van der Waals surface area contributed by atoms with Crippen molar-refractivity contribution in [2.45, 2.75) is 52.1 Å². The molecular formula is C17H23FN2O2. The molecule has 1 aromatic carbocycles. The second-order valence-electron chi connectivity index (χ2n) is 6.02. The predicted octanol–water partition coefficient (Wildman–Crippen LogP) is 2.45. The molecule has 22 heavy (non-hydrogen) atoms. The minimum absolute atomic E-state index is 0.192. The molecule has 1 saturated carbocycles. The number of hydrogen-bond acceptors (Lipinski definition) is 2. The normalized spacial score (nSPS) is 16.3. The van der Waals surface area contributed by atoms with Crippen LogP contribution in [0.15, 0.2) is 18.2 Å². The van der Waals surface area contributed by atoms with E-state index in [-0.39, 0.29) is 30.1 Å². The maximum atomic E-state index is 13.5. The molecule has 0 radical (unpaired) electrons. The second-order valence-corrected chi connectivity index (χ2v) is 6.02. The number of aryl methyl sites for hydroxylation is 1. The highest BCUT2D eigenvalue weighted by molar-refractivity contribution is 5.87. The van der Waals surface area contributed by atoms with Crippen LogP contribution in [0.25, 0.3) is 0 Å². The lowest BCUT2D eigenvalue weighted by Crippen LogP contribution is -2.49. The summed E-state index contributed by atoms with van der Waals surface area (Å²) in [5.74, 6) is -0.476. The van der Waals surface area contributed by atoms with Crippen LogP contribution in [-0.4, -0.2) is 17.9 Å². The molecule has 1 aliphatic carbocycles. The van der Waals surface area contributed by atoms with Crippen molar-refractivity contribution in [3.8, 4) is 0 Å². The molecule has 5 heteroatoms. The Morgan fingerprint density at radius 1 is 1.32 bits per heavy atom. The maximum Gasteiger partial charge on any atom is 0.243 e. The van der Waals surface area contributed by atoms with Crippen molar-refractivity contribution in [1.29, 1.82) is 0 Å². The van der Waals surface area contributed by atoms with E-state index in [1.54, 1.807) is 19.1 Å². The number of carbonyl (C=O) groups is 2. The summed E-state index contributed by atoms with van der Waals surface area (Å²) in [6, 6.07) is 4.43. The van der Waals surface area contributed by atoms with Crippen molar-refractivity contribution in [3.05, 3.63) is 35.1 Å². The molecule has 0 bridgehead atoms. The van der Waals surface area contributed by atoms with Gasteiger partial charge in [-0.1, -0.05) is 25.0 Å². The Kier molecular flexibility index (Phi) is 5.52. The van der Waals surface area contributed by atoms with Gasteiger partial charge in [-0.3, -0.25) is 9.59 Å². The number of nitrogens with one attached hydrogen (secondary N) is 2. The third-order valence-electron chi connectivity index (χ3n) is 4.22. The first-order chi connectivity index (χ1) is 10.5. The summed E-state index contributed by atoms with van der Waals surface area (Å²) in [7, 11) is 0.